The molecule has 0 bridgehead atoms. The van der Waals surface area contributed by atoms with E-state index in [4.69, 9.17) is 9.52 Å². The van der Waals surface area contributed by atoms with Crippen molar-refractivity contribution in [2.75, 3.05) is 0 Å². The maximum atomic E-state index is 12.7. The molecule has 0 unspecified atom stereocenters. The molecular formula is C24H22N4O2. The minimum absolute atomic E-state index is 0.145. The SMILES string of the molecule is Cc1cc2c(cc1C)-c1nn(Cc3nnc(-c4ccccc4)o3)c(=O)cc1CCC2. The van der Waals surface area contributed by atoms with Crippen LogP contribution < -0.4 is 5.56 Å². The fourth-order valence-corrected chi connectivity index (χ4v) is 3.97. The molecule has 0 aliphatic heterocycles. The van der Waals surface area contributed by atoms with Gasteiger partial charge in [-0.1, -0.05) is 24.3 Å². The summed E-state index contributed by atoms with van der Waals surface area (Å²) in [5.41, 5.74) is 7.50. The zero-order chi connectivity index (χ0) is 20.7. The molecule has 5 rings (SSSR count). The Morgan fingerprint density at radius 3 is 2.57 bits per heavy atom. The van der Waals surface area contributed by atoms with Gasteiger partial charge in [0.15, 0.2) is 0 Å². The Morgan fingerprint density at radius 1 is 0.967 bits per heavy atom. The minimum Gasteiger partial charge on any atom is -0.419 e. The fourth-order valence-electron chi connectivity index (χ4n) is 3.97. The summed E-state index contributed by atoms with van der Waals surface area (Å²) in [6.45, 7) is 4.39. The molecule has 6 nitrogen and oxygen atoms in total. The van der Waals surface area contributed by atoms with Crippen LogP contribution in [-0.4, -0.2) is 20.0 Å². The Morgan fingerprint density at radius 2 is 1.73 bits per heavy atom. The van der Waals surface area contributed by atoms with E-state index in [9.17, 15) is 4.79 Å². The number of aromatic nitrogens is 4. The molecule has 0 N–H and O–H groups in total. The largest absolute Gasteiger partial charge is 0.419 e. The molecular weight excluding hydrogens is 376 g/mol. The first-order valence-electron chi connectivity index (χ1n) is 10.2. The third kappa shape index (κ3) is 3.34. The first-order chi connectivity index (χ1) is 14.6. The lowest BCUT2D eigenvalue weighted by molar-refractivity contribution is 0.465. The van der Waals surface area contributed by atoms with E-state index in [0.717, 1.165) is 41.6 Å². The lowest BCUT2D eigenvalue weighted by Crippen LogP contribution is -2.24. The number of hydrogen-bond donors (Lipinski definition) is 0. The second kappa shape index (κ2) is 7.37. The van der Waals surface area contributed by atoms with E-state index in [1.165, 1.54) is 21.4 Å². The van der Waals surface area contributed by atoms with E-state index in [1.54, 1.807) is 6.07 Å². The molecule has 0 amide bonds. The molecule has 0 spiro atoms. The summed E-state index contributed by atoms with van der Waals surface area (Å²) in [6, 6.07) is 15.7. The van der Waals surface area contributed by atoms with Gasteiger partial charge in [-0.05, 0) is 73.6 Å². The van der Waals surface area contributed by atoms with E-state index < -0.39 is 0 Å². The number of nitrogens with zero attached hydrogens (tertiary/aromatic N) is 4. The standard InChI is InChI=1S/C24H22N4O2/c1-15-11-18-9-6-10-19-13-22(29)28(27-23(19)20(18)12-16(15)2)14-21-25-26-24(30-21)17-7-4-3-5-8-17/h3-5,7-8,11-13H,6,9-10,14H2,1-2H3. The molecule has 150 valence electrons. The molecule has 0 saturated carbocycles. The molecule has 2 aromatic heterocycles. The fraction of sp³-hybridized carbons (Fsp3) is 0.250. The van der Waals surface area contributed by atoms with Crippen LogP contribution in [0.15, 0.2) is 57.7 Å². The smallest absolute Gasteiger partial charge is 0.267 e. The van der Waals surface area contributed by atoms with Crippen LogP contribution >= 0.6 is 0 Å². The average molecular weight is 398 g/mol. The quantitative estimate of drug-likeness (QED) is 0.519. The maximum absolute atomic E-state index is 12.7. The lowest BCUT2D eigenvalue weighted by Gasteiger charge is -2.13. The van der Waals surface area contributed by atoms with E-state index in [1.807, 2.05) is 30.3 Å². The van der Waals surface area contributed by atoms with Crippen molar-refractivity contribution in [2.45, 2.75) is 39.7 Å². The van der Waals surface area contributed by atoms with E-state index >= 15 is 0 Å². The molecule has 6 heteroatoms. The molecule has 0 radical (unpaired) electrons. The number of aryl methyl sites for hydroxylation is 4. The third-order valence-corrected chi connectivity index (χ3v) is 5.72. The highest BCUT2D eigenvalue weighted by Crippen LogP contribution is 2.32. The van der Waals surface area contributed by atoms with Gasteiger partial charge in [0.2, 0.25) is 11.8 Å². The van der Waals surface area contributed by atoms with Gasteiger partial charge in [-0.25, -0.2) is 4.68 Å². The first kappa shape index (κ1) is 18.5. The molecule has 0 fully saturated rings. The van der Waals surface area contributed by atoms with Gasteiger partial charge in [-0.15, -0.1) is 10.2 Å². The molecule has 4 aromatic rings. The summed E-state index contributed by atoms with van der Waals surface area (Å²) in [6.07, 6.45) is 2.85. The Balaban J connectivity index is 1.54. The van der Waals surface area contributed by atoms with Crippen LogP contribution in [0.2, 0.25) is 0 Å². The first-order valence-corrected chi connectivity index (χ1v) is 10.2. The molecule has 2 heterocycles. The van der Waals surface area contributed by atoms with Crippen molar-refractivity contribution in [3.63, 3.8) is 0 Å². The Bertz CT molecular complexity index is 1290. The number of fused-ring (bicyclic) bond motifs is 3. The zero-order valence-corrected chi connectivity index (χ0v) is 17.1. The van der Waals surface area contributed by atoms with E-state index in [2.05, 4.69) is 36.2 Å². The van der Waals surface area contributed by atoms with E-state index in [0.29, 0.717) is 11.8 Å². The minimum atomic E-state index is -0.152. The van der Waals surface area contributed by atoms with Crippen molar-refractivity contribution in [3.8, 4) is 22.7 Å². The lowest BCUT2D eigenvalue weighted by atomic mass is 9.96. The van der Waals surface area contributed by atoms with Crippen molar-refractivity contribution in [3.05, 3.63) is 87.0 Å². The van der Waals surface area contributed by atoms with Crippen LogP contribution in [0, 0.1) is 13.8 Å². The highest BCUT2D eigenvalue weighted by atomic mass is 16.4. The van der Waals surface area contributed by atoms with Gasteiger partial charge < -0.3 is 4.42 Å². The number of hydrogen-bond acceptors (Lipinski definition) is 5. The van der Waals surface area contributed by atoms with Gasteiger partial charge in [0.1, 0.15) is 6.54 Å². The van der Waals surface area contributed by atoms with Gasteiger partial charge in [0, 0.05) is 17.2 Å². The van der Waals surface area contributed by atoms with Crippen LogP contribution in [0.5, 0.6) is 0 Å². The summed E-state index contributed by atoms with van der Waals surface area (Å²) < 4.78 is 7.20. The Hall–Kier alpha value is -3.54. The summed E-state index contributed by atoms with van der Waals surface area (Å²) in [7, 11) is 0. The van der Waals surface area contributed by atoms with Crippen LogP contribution in [0.25, 0.3) is 22.7 Å². The van der Waals surface area contributed by atoms with Crippen molar-refractivity contribution in [1.29, 1.82) is 0 Å². The normalized spacial score (nSPS) is 12.9. The molecule has 1 aliphatic carbocycles. The van der Waals surface area contributed by atoms with Crippen LogP contribution in [0.1, 0.15) is 34.6 Å². The highest BCUT2D eigenvalue weighted by molar-refractivity contribution is 5.69. The van der Waals surface area contributed by atoms with Crippen molar-refractivity contribution >= 4 is 0 Å². The molecule has 1 aliphatic rings. The van der Waals surface area contributed by atoms with Gasteiger partial charge in [0.25, 0.3) is 5.56 Å². The van der Waals surface area contributed by atoms with Crippen LogP contribution in [-0.2, 0) is 19.4 Å². The maximum Gasteiger partial charge on any atom is 0.267 e. The van der Waals surface area contributed by atoms with Gasteiger partial charge >= 0.3 is 0 Å². The second-order valence-electron chi connectivity index (χ2n) is 7.83. The highest BCUT2D eigenvalue weighted by Gasteiger charge is 2.20. The Labute approximate surface area is 174 Å². The van der Waals surface area contributed by atoms with Crippen molar-refractivity contribution < 1.29 is 4.42 Å². The van der Waals surface area contributed by atoms with Gasteiger partial charge in [-0.2, -0.15) is 5.10 Å². The van der Waals surface area contributed by atoms with Gasteiger partial charge in [-0.3, -0.25) is 4.79 Å². The van der Waals surface area contributed by atoms with E-state index in [-0.39, 0.29) is 12.1 Å². The van der Waals surface area contributed by atoms with Crippen molar-refractivity contribution in [2.24, 2.45) is 0 Å². The van der Waals surface area contributed by atoms with Crippen molar-refractivity contribution in [1.82, 2.24) is 20.0 Å². The summed E-state index contributed by atoms with van der Waals surface area (Å²) in [5.74, 6) is 0.794. The predicted molar refractivity (Wildman–Crippen MR) is 114 cm³/mol. The Kier molecular flexibility index (Phi) is 4.54. The summed E-state index contributed by atoms with van der Waals surface area (Å²) >= 11 is 0. The molecule has 0 atom stereocenters. The molecule has 2 aromatic carbocycles. The topological polar surface area (TPSA) is 73.8 Å². The summed E-state index contributed by atoms with van der Waals surface area (Å²) in [5, 5.41) is 13.0. The monoisotopic (exact) mass is 398 g/mol. The average Bonchev–Trinajstić information content (AvgIpc) is 3.15. The van der Waals surface area contributed by atoms with Gasteiger partial charge in [0.05, 0.1) is 5.69 Å². The summed E-state index contributed by atoms with van der Waals surface area (Å²) in [4.78, 5) is 12.7. The molecule has 30 heavy (non-hydrogen) atoms. The third-order valence-electron chi connectivity index (χ3n) is 5.72. The molecule has 0 saturated heterocycles. The number of benzene rings is 2. The second-order valence-corrected chi connectivity index (χ2v) is 7.83. The van der Waals surface area contributed by atoms with Crippen LogP contribution in [0.4, 0.5) is 0 Å². The zero-order valence-electron chi connectivity index (χ0n) is 17.1. The van der Waals surface area contributed by atoms with Crippen LogP contribution in [0.3, 0.4) is 0 Å². The predicted octanol–water partition coefficient (Wildman–Crippen LogP) is 4.11. The number of rotatable bonds is 3.